The van der Waals surface area contributed by atoms with Crippen molar-refractivity contribution in [2.24, 2.45) is 0 Å². The van der Waals surface area contributed by atoms with E-state index < -0.39 is 39.2 Å². The summed E-state index contributed by atoms with van der Waals surface area (Å²) < 4.78 is 62.7. The first-order valence-electron chi connectivity index (χ1n) is 12.5. The number of aromatic nitrogens is 2. The highest BCUT2D eigenvalue weighted by Crippen LogP contribution is 2.44. The molecule has 0 fully saturated rings. The van der Waals surface area contributed by atoms with Gasteiger partial charge in [0.25, 0.3) is 5.91 Å². The van der Waals surface area contributed by atoms with E-state index in [1.165, 1.54) is 52.8 Å². The zero-order valence-electron chi connectivity index (χ0n) is 22.6. The Morgan fingerprint density at radius 2 is 1.80 bits per heavy atom. The van der Waals surface area contributed by atoms with Crippen molar-refractivity contribution in [1.29, 1.82) is 0 Å². The molecule has 1 aliphatic heterocycles. The third-order valence-corrected chi connectivity index (χ3v) is 9.81. The number of sulfone groups is 1. The predicted molar refractivity (Wildman–Crippen MR) is 153 cm³/mol. The first-order chi connectivity index (χ1) is 19.4. The van der Waals surface area contributed by atoms with Crippen molar-refractivity contribution in [2.45, 2.75) is 17.9 Å². The average Bonchev–Trinajstić information content (AvgIpc) is 3.44. The number of nitrogens with zero attached hydrogens (tertiary/aromatic N) is 4. The number of fused-ring (bicyclic) bond motifs is 2. The number of pyridine rings is 1. The lowest BCUT2D eigenvalue weighted by Gasteiger charge is -2.30. The standard InChI is InChI=1S/C28H26Cl2F2N4O4S/c1-15-13-16(5-8-19(15)31)25-24(33-27-20(32)9-10-22(40-4)36(25)27)28(37)35(12-11-34(2)3)21-14-41(38,39)26-17(21)6-7-18(29)23(26)30/h5-10,13,21H,11-12,14H2,1-4H3. The molecule has 3 heterocycles. The third kappa shape index (κ3) is 5.05. The van der Waals surface area contributed by atoms with Gasteiger partial charge in [0.2, 0.25) is 0 Å². The summed E-state index contributed by atoms with van der Waals surface area (Å²) in [6.45, 7) is 2.07. The Labute approximate surface area is 246 Å². The molecule has 0 spiro atoms. The number of halogens is 4. The van der Waals surface area contributed by atoms with Crippen LogP contribution < -0.4 is 4.74 Å². The molecule has 0 bridgehead atoms. The van der Waals surface area contributed by atoms with E-state index in [0.29, 0.717) is 23.2 Å². The second-order valence-electron chi connectivity index (χ2n) is 10.0. The van der Waals surface area contributed by atoms with E-state index in [4.69, 9.17) is 27.9 Å². The third-order valence-electron chi connectivity index (χ3n) is 7.08. The van der Waals surface area contributed by atoms with Crippen LogP contribution in [0.4, 0.5) is 8.78 Å². The van der Waals surface area contributed by atoms with Crippen molar-refractivity contribution in [3.8, 4) is 17.1 Å². The zero-order chi connectivity index (χ0) is 29.8. The molecule has 1 unspecified atom stereocenters. The molecule has 1 atom stereocenters. The van der Waals surface area contributed by atoms with Crippen molar-refractivity contribution in [2.75, 3.05) is 40.0 Å². The smallest absolute Gasteiger partial charge is 0.275 e. The number of imidazole rings is 1. The molecule has 8 nitrogen and oxygen atoms in total. The number of benzene rings is 2. The molecule has 0 N–H and O–H groups in total. The molecule has 216 valence electrons. The minimum atomic E-state index is -3.89. The van der Waals surface area contributed by atoms with E-state index in [1.54, 1.807) is 13.0 Å². The summed E-state index contributed by atoms with van der Waals surface area (Å²) in [6.07, 6.45) is 0. The quantitative estimate of drug-likeness (QED) is 0.273. The van der Waals surface area contributed by atoms with Crippen LogP contribution in [0.15, 0.2) is 47.4 Å². The predicted octanol–water partition coefficient (Wildman–Crippen LogP) is 5.44. The number of ether oxygens (including phenoxy) is 1. The number of carbonyl (C=O) groups excluding carboxylic acids is 1. The summed E-state index contributed by atoms with van der Waals surface area (Å²) in [5.74, 6) is -2.03. The van der Waals surface area contributed by atoms with Gasteiger partial charge in [0, 0.05) is 24.7 Å². The molecule has 5 rings (SSSR count). The first-order valence-corrected chi connectivity index (χ1v) is 14.9. The van der Waals surface area contributed by atoms with Crippen LogP contribution in [0.25, 0.3) is 16.9 Å². The van der Waals surface area contributed by atoms with Crippen LogP contribution >= 0.6 is 23.2 Å². The number of aryl methyl sites for hydroxylation is 1. The molecule has 1 aliphatic rings. The van der Waals surface area contributed by atoms with Crippen LogP contribution in [0, 0.1) is 18.6 Å². The zero-order valence-corrected chi connectivity index (χ0v) is 24.9. The van der Waals surface area contributed by atoms with Gasteiger partial charge < -0.3 is 14.5 Å². The lowest BCUT2D eigenvalue weighted by molar-refractivity contribution is 0.0677. The van der Waals surface area contributed by atoms with Gasteiger partial charge in [-0.3, -0.25) is 9.20 Å². The van der Waals surface area contributed by atoms with Gasteiger partial charge in [0.1, 0.15) is 5.82 Å². The number of rotatable bonds is 7. The minimum Gasteiger partial charge on any atom is -0.482 e. The molecule has 1 amide bonds. The number of methoxy groups -OCH3 is 1. The Morgan fingerprint density at radius 1 is 1.10 bits per heavy atom. The summed E-state index contributed by atoms with van der Waals surface area (Å²) >= 11 is 12.5. The van der Waals surface area contributed by atoms with Crippen LogP contribution in [0.5, 0.6) is 5.88 Å². The lowest BCUT2D eigenvalue weighted by Crippen LogP contribution is -2.40. The van der Waals surface area contributed by atoms with Crippen molar-refractivity contribution in [1.82, 2.24) is 19.2 Å². The fourth-order valence-electron chi connectivity index (χ4n) is 5.06. The van der Waals surface area contributed by atoms with Gasteiger partial charge >= 0.3 is 0 Å². The Balaban J connectivity index is 1.76. The maximum Gasteiger partial charge on any atom is 0.275 e. The maximum atomic E-state index is 15.1. The maximum absolute atomic E-state index is 15.1. The van der Waals surface area contributed by atoms with Gasteiger partial charge in [-0.1, -0.05) is 29.3 Å². The number of hydrogen-bond donors (Lipinski definition) is 0. The van der Waals surface area contributed by atoms with Crippen LogP contribution in [0.1, 0.15) is 27.7 Å². The van der Waals surface area contributed by atoms with E-state index >= 15 is 4.39 Å². The van der Waals surface area contributed by atoms with E-state index in [2.05, 4.69) is 4.98 Å². The topological polar surface area (TPSA) is 84.2 Å². The molecule has 4 aromatic rings. The van der Waals surface area contributed by atoms with Gasteiger partial charge in [-0.25, -0.2) is 22.2 Å². The van der Waals surface area contributed by atoms with Crippen LogP contribution in [-0.4, -0.2) is 73.6 Å². The average molecular weight is 624 g/mol. The summed E-state index contributed by atoms with van der Waals surface area (Å²) in [5, 5.41) is -0.0219. The molecule has 2 aromatic carbocycles. The molecule has 0 saturated carbocycles. The summed E-state index contributed by atoms with van der Waals surface area (Å²) in [6, 6.07) is 8.93. The van der Waals surface area contributed by atoms with Crippen molar-refractivity contribution >= 4 is 44.6 Å². The monoisotopic (exact) mass is 622 g/mol. The van der Waals surface area contributed by atoms with Gasteiger partial charge in [0.15, 0.2) is 32.9 Å². The van der Waals surface area contributed by atoms with Gasteiger partial charge in [-0.2, -0.15) is 0 Å². The Morgan fingerprint density at radius 3 is 2.46 bits per heavy atom. The second-order valence-corrected chi connectivity index (χ2v) is 12.8. The molecule has 0 saturated heterocycles. The van der Waals surface area contributed by atoms with Gasteiger partial charge in [-0.15, -0.1) is 0 Å². The highest BCUT2D eigenvalue weighted by atomic mass is 35.5. The molecule has 13 heteroatoms. The largest absolute Gasteiger partial charge is 0.482 e. The Hall–Kier alpha value is -3.25. The number of hydrogen-bond acceptors (Lipinski definition) is 6. The highest BCUT2D eigenvalue weighted by Gasteiger charge is 2.43. The summed E-state index contributed by atoms with van der Waals surface area (Å²) in [7, 11) is 1.13. The molecular formula is C28H26Cl2F2N4O4S. The molecular weight excluding hydrogens is 597 g/mol. The van der Waals surface area contributed by atoms with E-state index in [-0.39, 0.29) is 44.4 Å². The molecule has 0 aliphatic carbocycles. The van der Waals surface area contributed by atoms with E-state index in [1.807, 2.05) is 19.0 Å². The van der Waals surface area contributed by atoms with Crippen LogP contribution in [0.2, 0.25) is 10.0 Å². The second kappa shape index (κ2) is 10.9. The number of carbonyl (C=O) groups is 1. The first kappa shape index (κ1) is 29.2. The van der Waals surface area contributed by atoms with Crippen molar-refractivity contribution in [3.05, 3.63) is 81.0 Å². The summed E-state index contributed by atoms with van der Waals surface area (Å²) in [4.78, 5) is 22.0. The minimum absolute atomic E-state index is 0.0812. The molecule has 2 aromatic heterocycles. The number of likely N-dealkylation sites (N-methyl/N-ethyl adjacent to an activating group) is 1. The fourth-order valence-corrected chi connectivity index (χ4v) is 7.69. The SMILES string of the molecule is COc1ccc(F)c2nc(C(=O)N(CCN(C)C)C3CS(=O)(=O)c4c3ccc(Cl)c4Cl)c(-c3ccc(F)c(C)c3)n12. The molecule has 41 heavy (non-hydrogen) atoms. The Bertz CT molecular complexity index is 1810. The molecule has 0 radical (unpaired) electrons. The fraction of sp³-hybridized carbons (Fsp3) is 0.286. The Kier molecular flexibility index (Phi) is 7.75. The van der Waals surface area contributed by atoms with Gasteiger partial charge in [0.05, 0.1) is 39.5 Å². The van der Waals surface area contributed by atoms with Gasteiger partial charge in [-0.05, 0) is 62.5 Å². The number of amides is 1. The lowest BCUT2D eigenvalue weighted by atomic mass is 10.0. The van der Waals surface area contributed by atoms with Crippen molar-refractivity contribution < 1.29 is 26.7 Å². The van der Waals surface area contributed by atoms with Crippen molar-refractivity contribution in [3.63, 3.8) is 0 Å². The van der Waals surface area contributed by atoms with E-state index in [9.17, 15) is 17.6 Å². The van der Waals surface area contributed by atoms with E-state index in [0.717, 1.165) is 0 Å². The highest BCUT2D eigenvalue weighted by molar-refractivity contribution is 7.92. The van der Waals surface area contributed by atoms with Crippen LogP contribution in [-0.2, 0) is 9.84 Å². The van der Waals surface area contributed by atoms with Crippen LogP contribution in [0.3, 0.4) is 0 Å². The summed E-state index contributed by atoms with van der Waals surface area (Å²) in [5.41, 5.74) is 0.881. The normalized spacial score (nSPS) is 15.9.